The number of hydrogen-bond donors (Lipinski definition) is 1. The fourth-order valence-electron chi connectivity index (χ4n) is 1.59. The summed E-state index contributed by atoms with van der Waals surface area (Å²) in [7, 11) is 0. The summed E-state index contributed by atoms with van der Waals surface area (Å²) >= 11 is 5.87. The van der Waals surface area contributed by atoms with E-state index in [1.807, 2.05) is 24.3 Å². The maximum absolute atomic E-state index is 11.7. The Morgan fingerprint density at radius 3 is 2.65 bits per heavy atom. The third-order valence-electron chi connectivity index (χ3n) is 2.50. The zero-order chi connectivity index (χ0) is 14.4. The third kappa shape index (κ3) is 3.50. The van der Waals surface area contributed by atoms with Crippen LogP contribution < -0.4 is 10.1 Å². The average Bonchev–Trinajstić information content (AvgIpc) is 2.46. The number of para-hydroxylation sites is 1. The fraction of sp³-hybridized carbons (Fsp3) is 0.0667. The van der Waals surface area contributed by atoms with Gasteiger partial charge in [-0.3, -0.25) is 4.79 Å². The maximum Gasteiger partial charge on any atom is 0.262 e. The molecule has 0 saturated carbocycles. The molecule has 0 aromatic heterocycles. The summed E-state index contributed by atoms with van der Waals surface area (Å²) in [6, 6.07) is 15.9. The minimum absolute atomic E-state index is 0.191. The minimum atomic E-state index is -0.305. The first-order chi connectivity index (χ1) is 9.70. The van der Waals surface area contributed by atoms with Gasteiger partial charge in [0, 0.05) is 5.69 Å². The molecular weight excluding hydrogens is 276 g/mol. The van der Waals surface area contributed by atoms with Crippen LogP contribution in [0.1, 0.15) is 5.56 Å². The highest BCUT2D eigenvalue weighted by molar-refractivity contribution is 6.31. The molecule has 2 aromatic rings. The second kappa shape index (κ2) is 6.60. The topological polar surface area (TPSA) is 62.1 Å². The molecule has 0 radical (unpaired) electrons. The Kier molecular flexibility index (Phi) is 4.59. The van der Waals surface area contributed by atoms with Crippen molar-refractivity contribution in [1.82, 2.24) is 0 Å². The molecule has 0 spiro atoms. The van der Waals surface area contributed by atoms with Gasteiger partial charge in [0.25, 0.3) is 5.91 Å². The minimum Gasteiger partial charge on any atom is -0.482 e. The molecule has 0 unspecified atom stereocenters. The molecule has 0 aliphatic heterocycles. The molecule has 100 valence electrons. The molecule has 4 nitrogen and oxygen atoms in total. The molecule has 1 N–H and O–H groups in total. The van der Waals surface area contributed by atoms with Gasteiger partial charge in [0.15, 0.2) is 6.61 Å². The summed E-state index contributed by atoms with van der Waals surface area (Å²) in [4.78, 5) is 11.7. The highest BCUT2D eigenvalue weighted by atomic mass is 35.5. The number of carbonyl (C=O) groups excluding carboxylic acids is 1. The van der Waals surface area contributed by atoms with Gasteiger partial charge < -0.3 is 10.1 Å². The second-order valence-electron chi connectivity index (χ2n) is 3.93. The Bertz CT molecular complexity index is 651. The van der Waals surface area contributed by atoms with Crippen LogP contribution >= 0.6 is 11.6 Å². The van der Waals surface area contributed by atoms with Crippen LogP contribution in [0.3, 0.4) is 0 Å². The largest absolute Gasteiger partial charge is 0.482 e. The van der Waals surface area contributed by atoms with Crippen LogP contribution in [0.5, 0.6) is 5.75 Å². The number of amides is 1. The summed E-state index contributed by atoms with van der Waals surface area (Å²) in [6.07, 6.45) is 0. The standard InChI is InChI=1S/C15H11ClN2O2/c16-13-7-4-8-14(12(13)9-17)20-10-15(19)18-11-5-2-1-3-6-11/h1-8H,10H2,(H,18,19). The first-order valence-electron chi connectivity index (χ1n) is 5.87. The predicted molar refractivity (Wildman–Crippen MR) is 76.7 cm³/mol. The van der Waals surface area contributed by atoms with E-state index in [-0.39, 0.29) is 18.1 Å². The predicted octanol–water partition coefficient (Wildman–Crippen LogP) is 3.23. The number of nitrogens with one attached hydrogen (secondary N) is 1. The maximum atomic E-state index is 11.7. The number of rotatable bonds is 4. The Labute approximate surface area is 121 Å². The quantitative estimate of drug-likeness (QED) is 0.938. The zero-order valence-corrected chi connectivity index (χ0v) is 11.2. The van der Waals surface area contributed by atoms with E-state index in [4.69, 9.17) is 21.6 Å². The van der Waals surface area contributed by atoms with E-state index >= 15 is 0 Å². The molecule has 2 rings (SSSR count). The normalized spacial score (nSPS) is 9.60. The fourth-order valence-corrected chi connectivity index (χ4v) is 1.80. The highest BCUT2D eigenvalue weighted by Crippen LogP contribution is 2.25. The molecule has 0 aliphatic carbocycles. The second-order valence-corrected chi connectivity index (χ2v) is 4.33. The molecule has 0 atom stereocenters. The molecule has 0 saturated heterocycles. The third-order valence-corrected chi connectivity index (χ3v) is 2.82. The van der Waals surface area contributed by atoms with Gasteiger partial charge in [-0.1, -0.05) is 35.9 Å². The van der Waals surface area contributed by atoms with E-state index < -0.39 is 0 Å². The van der Waals surface area contributed by atoms with Crippen molar-refractivity contribution < 1.29 is 9.53 Å². The van der Waals surface area contributed by atoms with Crippen LogP contribution in [-0.2, 0) is 4.79 Å². The zero-order valence-electron chi connectivity index (χ0n) is 10.5. The molecule has 1 amide bonds. The Hall–Kier alpha value is -2.51. The molecule has 20 heavy (non-hydrogen) atoms. The van der Waals surface area contributed by atoms with Crippen molar-refractivity contribution in [2.75, 3.05) is 11.9 Å². The lowest BCUT2D eigenvalue weighted by Gasteiger charge is -2.09. The van der Waals surface area contributed by atoms with Crippen LogP contribution in [0.4, 0.5) is 5.69 Å². The van der Waals surface area contributed by atoms with Crippen LogP contribution in [-0.4, -0.2) is 12.5 Å². The lowest BCUT2D eigenvalue weighted by Crippen LogP contribution is -2.20. The van der Waals surface area contributed by atoms with Gasteiger partial charge in [-0.05, 0) is 24.3 Å². The van der Waals surface area contributed by atoms with Crippen LogP contribution in [0.15, 0.2) is 48.5 Å². The monoisotopic (exact) mass is 286 g/mol. The van der Waals surface area contributed by atoms with Crippen molar-refractivity contribution in [2.24, 2.45) is 0 Å². The molecular formula is C15H11ClN2O2. The van der Waals surface area contributed by atoms with Gasteiger partial charge in [0.2, 0.25) is 0 Å². The number of nitriles is 1. The number of halogens is 1. The van der Waals surface area contributed by atoms with Gasteiger partial charge in [-0.15, -0.1) is 0 Å². The molecule has 2 aromatic carbocycles. The van der Waals surface area contributed by atoms with E-state index in [1.54, 1.807) is 30.3 Å². The number of hydrogen-bond acceptors (Lipinski definition) is 3. The summed E-state index contributed by atoms with van der Waals surface area (Å²) in [5.41, 5.74) is 0.911. The van der Waals surface area contributed by atoms with E-state index in [0.717, 1.165) is 0 Å². The molecule has 0 aliphatic rings. The van der Waals surface area contributed by atoms with Gasteiger partial charge in [-0.2, -0.15) is 5.26 Å². The summed E-state index contributed by atoms with van der Waals surface area (Å²) in [5.74, 6) is -0.0109. The lowest BCUT2D eigenvalue weighted by molar-refractivity contribution is -0.118. The van der Waals surface area contributed by atoms with Crippen LogP contribution in [0.25, 0.3) is 0 Å². The van der Waals surface area contributed by atoms with E-state index in [0.29, 0.717) is 16.5 Å². The van der Waals surface area contributed by atoms with Gasteiger partial charge in [0.1, 0.15) is 17.4 Å². The van der Waals surface area contributed by atoms with Crippen LogP contribution in [0.2, 0.25) is 5.02 Å². The van der Waals surface area contributed by atoms with Gasteiger partial charge in [-0.25, -0.2) is 0 Å². The van der Waals surface area contributed by atoms with Crippen molar-refractivity contribution >= 4 is 23.2 Å². The molecule has 0 bridgehead atoms. The van der Waals surface area contributed by atoms with Crippen molar-refractivity contribution in [3.8, 4) is 11.8 Å². The summed E-state index contributed by atoms with van der Waals surface area (Å²) in [5, 5.41) is 12.0. The van der Waals surface area contributed by atoms with E-state index in [9.17, 15) is 4.79 Å². The van der Waals surface area contributed by atoms with E-state index in [1.165, 1.54) is 0 Å². The number of ether oxygens (including phenoxy) is 1. The first kappa shape index (κ1) is 13.9. The Morgan fingerprint density at radius 2 is 1.95 bits per heavy atom. The van der Waals surface area contributed by atoms with Crippen molar-refractivity contribution in [3.63, 3.8) is 0 Å². The van der Waals surface area contributed by atoms with Crippen LogP contribution in [0, 0.1) is 11.3 Å². The van der Waals surface area contributed by atoms with Crippen molar-refractivity contribution in [2.45, 2.75) is 0 Å². The number of anilines is 1. The number of carbonyl (C=O) groups is 1. The van der Waals surface area contributed by atoms with Crippen molar-refractivity contribution in [1.29, 1.82) is 5.26 Å². The number of benzene rings is 2. The smallest absolute Gasteiger partial charge is 0.262 e. The van der Waals surface area contributed by atoms with Gasteiger partial charge in [0.05, 0.1) is 5.02 Å². The Morgan fingerprint density at radius 1 is 1.20 bits per heavy atom. The van der Waals surface area contributed by atoms with Gasteiger partial charge >= 0.3 is 0 Å². The first-order valence-corrected chi connectivity index (χ1v) is 6.25. The summed E-state index contributed by atoms with van der Waals surface area (Å²) in [6.45, 7) is -0.191. The summed E-state index contributed by atoms with van der Waals surface area (Å²) < 4.78 is 5.32. The highest BCUT2D eigenvalue weighted by Gasteiger charge is 2.09. The Balaban J connectivity index is 1.98. The average molecular weight is 287 g/mol. The van der Waals surface area contributed by atoms with Crippen molar-refractivity contribution in [3.05, 3.63) is 59.1 Å². The number of nitrogens with zero attached hydrogens (tertiary/aromatic N) is 1. The SMILES string of the molecule is N#Cc1c(Cl)cccc1OCC(=O)Nc1ccccc1. The molecule has 5 heteroatoms. The lowest BCUT2D eigenvalue weighted by atomic mass is 10.2. The van der Waals surface area contributed by atoms with E-state index in [2.05, 4.69) is 5.32 Å². The molecule has 0 heterocycles. The molecule has 0 fully saturated rings.